The first-order chi connectivity index (χ1) is 14.4. The van der Waals surface area contributed by atoms with Gasteiger partial charge in [0, 0.05) is 37.5 Å². The Hall–Kier alpha value is -2.66. The first-order valence-corrected chi connectivity index (χ1v) is 10.2. The van der Waals surface area contributed by atoms with Gasteiger partial charge in [-0.05, 0) is 54.1 Å². The number of rotatable bonds is 5. The zero-order valence-electron chi connectivity index (χ0n) is 15.8. The first-order valence-electron chi connectivity index (χ1n) is 9.02. The molecular formula is C23H16Cl3NO3. The number of halogens is 3. The van der Waals surface area contributed by atoms with Crippen LogP contribution < -0.4 is 14.8 Å². The minimum Gasteiger partial charge on any atom is -0.493 e. The van der Waals surface area contributed by atoms with E-state index in [2.05, 4.69) is 5.32 Å². The molecule has 30 heavy (non-hydrogen) atoms. The third-order valence-electron chi connectivity index (χ3n) is 4.66. The summed E-state index contributed by atoms with van der Waals surface area (Å²) in [5.41, 5.74) is 3.65. The van der Waals surface area contributed by atoms with Crippen molar-refractivity contribution in [1.82, 2.24) is 0 Å². The number of carbonyl (C=O) groups excluding carboxylic acids is 1. The number of benzene rings is 3. The Balaban J connectivity index is 1.59. The van der Waals surface area contributed by atoms with E-state index in [1.165, 1.54) is 0 Å². The number of carbonyl (C=O) groups is 1. The normalized spacial score (nSPS) is 13.9. The number of ether oxygens (including phenoxy) is 2. The summed E-state index contributed by atoms with van der Waals surface area (Å²) in [6.07, 6.45) is 1.79. The van der Waals surface area contributed by atoms with Gasteiger partial charge in [-0.2, -0.15) is 0 Å². The lowest BCUT2D eigenvalue weighted by molar-refractivity contribution is -0.110. The summed E-state index contributed by atoms with van der Waals surface area (Å²) in [4.78, 5) is 12.4. The fourth-order valence-electron chi connectivity index (χ4n) is 3.16. The van der Waals surface area contributed by atoms with Crippen molar-refractivity contribution in [2.45, 2.75) is 6.61 Å². The van der Waals surface area contributed by atoms with Gasteiger partial charge < -0.3 is 14.8 Å². The summed E-state index contributed by atoms with van der Waals surface area (Å²) < 4.78 is 11.4. The molecule has 0 atom stereocenters. The number of hydrogen-bond donors (Lipinski definition) is 1. The van der Waals surface area contributed by atoms with Gasteiger partial charge in [0.25, 0.3) is 5.91 Å². The van der Waals surface area contributed by atoms with Gasteiger partial charge in [0.1, 0.15) is 6.61 Å². The quantitative estimate of drug-likeness (QED) is 0.430. The monoisotopic (exact) mass is 459 g/mol. The van der Waals surface area contributed by atoms with Gasteiger partial charge in [-0.15, -0.1) is 0 Å². The van der Waals surface area contributed by atoms with Crippen LogP contribution in [0.15, 0.2) is 54.6 Å². The fraction of sp³-hybridized carbons (Fsp3) is 0.0870. The number of nitrogens with one attached hydrogen (secondary N) is 1. The van der Waals surface area contributed by atoms with E-state index in [0.717, 1.165) is 22.4 Å². The largest absolute Gasteiger partial charge is 0.493 e. The summed E-state index contributed by atoms with van der Waals surface area (Å²) >= 11 is 18.2. The molecule has 0 fully saturated rings. The number of anilines is 1. The summed E-state index contributed by atoms with van der Waals surface area (Å²) in [5.74, 6) is 0.924. The van der Waals surface area contributed by atoms with E-state index < -0.39 is 0 Å². The maximum absolute atomic E-state index is 12.4. The van der Waals surface area contributed by atoms with Gasteiger partial charge in [-0.3, -0.25) is 4.79 Å². The topological polar surface area (TPSA) is 47.6 Å². The van der Waals surface area contributed by atoms with Crippen molar-refractivity contribution >= 4 is 58.0 Å². The molecule has 0 unspecified atom stereocenters. The van der Waals surface area contributed by atoms with Crippen molar-refractivity contribution in [3.63, 3.8) is 0 Å². The number of hydrogen-bond acceptors (Lipinski definition) is 3. The lowest BCUT2D eigenvalue weighted by atomic mass is 10.0. The summed E-state index contributed by atoms with van der Waals surface area (Å²) in [6, 6.07) is 16.0. The van der Waals surface area contributed by atoms with E-state index in [1.807, 2.05) is 18.2 Å². The number of amides is 1. The molecule has 1 amide bonds. The molecule has 0 bridgehead atoms. The minimum atomic E-state index is -0.177. The highest BCUT2D eigenvalue weighted by Gasteiger charge is 2.24. The summed E-state index contributed by atoms with van der Waals surface area (Å²) in [5, 5.41) is 4.51. The molecule has 0 aromatic heterocycles. The third kappa shape index (κ3) is 4.26. The standard InChI is InChI=1S/C23H16Cl3NO3/c1-29-22-9-13(8-18-17-10-15(24)5-6-20(17)27-23(18)28)2-7-21(22)30-12-14-3-4-16(25)11-19(14)26/h2-11H,12H2,1H3,(H,27,28). The van der Waals surface area contributed by atoms with Gasteiger partial charge >= 0.3 is 0 Å². The van der Waals surface area contributed by atoms with E-state index in [9.17, 15) is 4.79 Å². The highest BCUT2D eigenvalue weighted by atomic mass is 35.5. The zero-order chi connectivity index (χ0) is 21.3. The Labute approximate surface area is 189 Å². The molecule has 1 aliphatic rings. The van der Waals surface area contributed by atoms with Crippen LogP contribution in [0.2, 0.25) is 15.1 Å². The predicted molar refractivity (Wildman–Crippen MR) is 122 cm³/mol. The van der Waals surface area contributed by atoms with Crippen LogP contribution in [0.5, 0.6) is 11.5 Å². The molecule has 7 heteroatoms. The van der Waals surface area contributed by atoms with Crippen LogP contribution in [0.3, 0.4) is 0 Å². The summed E-state index contributed by atoms with van der Waals surface area (Å²) in [7, 11) is 1.56. The van der Waals surface area contributed by atoms with Crippen LogP contribution in [-0.4, -0.2) is 13.0 Å². The van der Waals surface area contributed by atoms with Crippen LogP contribution in [-0.2, 0) is 11.4 Å². The van der Waals surface area contributed by atoms with Crippen molar-refractivity contribution in [2.75, 3.05) is 12.4 Å². The molecule has 152 valence electrons. The van der Waals surface area contributed by atoms with E-state index in [-0.39, 0.29) is 12.5 Å². The molecule has 3 aromatic rings. The van der Waals surface area contributed by atoms with Crippen molar-refractivity contribution in [1.29, 1.82) is 0 Å². The molecule has 0 saturated carbocycles. The third-order valence-corrected chi connectivity index (χ3v) is 5.48. The molecular weight excluding hydrogens is 445 g/mol. The summed E-state index contributed by atoms with van der Waals surface area (Å²) in [6.45, 7) is 0.265. The van der Waals surface area contributed by atoms with Crippen molar-refractivity contribution in [3.8, 4) is 11.5 Å². The Morgan fingerprint density at radius 3 is 2.47 bits per heavy atom. The van der Waals surface area contributed by atoms with Gasteiger partial charge in [0.2, 0.25) is 0 Å². The van der Waals surface area contributed by atoms with Crippen LogP contribution in [0.1, 0.15) is 16.7 Å². The van der Waals surface area contributed by atoms with Crippen molar-refractivity contribution in [3.05, 3.63) is 86.4 Å². The minimum absolute atomic E-state index is 0.177. The Kier molecular flexibility index (Phi) is 5.91. The lowest BCUT2D eigenvalue weighted by Crippen LogP contribution is -2.03. The molecule has 1 heterocycles. The average Bonchev–Trinajstić information content (AvgIpc) is 3.02. The number of methoxy groups -OCH3 is 1. The van der Waals surface area contributed by atoms with Gasteiger partial charge in [-0.25, -0.2) is 0 Å². The van der Waals surface area contributed by atoms with E-state index in [1.54, 1.807) is 49.6 Å². The van der Waals surface area contributed by atoms with Gasteiger partial charge in [0.05, 0.1) is 7.11 Å². The van der Waals surface area contributed by atoms with Crippen LogP contribution in [0.25, 0.3) is 11.6 Å². The van der Waals surface area contributed by atoms with E-state index in [4.69, 9.17) is 44.3 Å². The second kappa shape index (κ2) is 8.60. The van der Waals surface area contributed by atoms with Crippen molar-refractivity contribution < 1.29 is 14.3 Å². The molecule has 0 radical (unpaired) electrons. The molecule has 1 aliphatic heterocycles. The van der Waals surface area contributed by atoms with E-state index in [0.29, 0.717) is 32.1 Å². The predicted octanol–water partition coefficient (Wildman–Crippen LogP) is 6.73. The highest BCUT2D eigenvalue weighted by molar-refractivity contribution is 6.37. The molecule has 0 saturated heterocycles. The fourth-order valence-corrected chi connectivity index (χ4v) is 3.79. The van der Waals surface area contributed by atoms with Gasteiger partial charge in [-0.1, -0.05) is 46.9 Å². The van der Waals surface area contributed by atoms with Crippen LogP contribution in [0, 0.1) is 0 Å². The second-order valence-electron chi connectivity index (χ2n) is 6.64. The van der Waals surface area contributed by atoms with Crippen molar-refractivity contribution in [2.24, 2.45) is 0 Å². The van der Waals surface area contributed by atoms with Crippen LogP contribution in [0.4, 0.5) is 5.69 Å². The highest BCUT2D eigenvalue weighted by Crippen LogP contribution is 2.36. The smallest absolute Gasteiger partial charge is 0.256 e. The zero-order valence-corrected chi connectivity index (χ0v) is 18.1. The maximum Gasteiger partial charge on any atom is 0.256 e. The second-order valence-corrected chi connectivity index (χ2v) is 7.92. The van der Waals surface area contributed by atoms with E-state index >= 15 is 0 Å². The molecule has 1 N–H and O–H groups in total. The molecule has 0 aliphatic carbocycles. The lowest BCUT2D eigenvalue weighted by Gasteiger charge is -2.12. The average molecular weight is 461 g/mol. The first kappa shape index (κ1) is 20.6. The SMILES string of the molecule is COc1cc(C=C2C(=O)Nc3ccc(Cl)cc32)ccc1OCc1ccc(Cl)cc1Cl. The Morgan fingerprint density at radius 1 is 0.933 bits per heavy atom. The number of fused-ring (bicyclic) bond motifs is 1. The molecule has 4 nitrogen and oxygen atoms in total. The molecule has 4 rings (SSSR count). The molecule has 3 aromatic carbocycles. The molecule has 0 spiro atoms. The Bertz CT molecular complexity index is 1170. The van der Waals surface area contributed by atoms with Crippen LogP contribution >= 0.6 is 34.8 Å². The maximum atomic E-state index is 12.4. The van der Waals surface area contributed by atoms with Gasteiger partial charge in [0.15, 0.2) is 11.5 Å². The Morgan fingerprint density at radius 2 is 1.70 bits per heavy atom.